The van der Waals surface area contributed by atoms with Gasteiger partial charge in [-0.1, -0.05) is 77.4 Å². The molecule has 9 heteroatoms. The van der Waals surface area contributed by atoms with E-state index < -0.39 is 0 Å². The van der Waals surface area contributed by atoms with Crippen molar-refractivity contribution in [3.63, 3.8) is 0 Å². The van der Waals surface area contributed by atoms with Crippen molar-refractivity contribution in [1.82, 2.24) is 40.3 Å². The Morgan fingerprint density at radius 1 is 0.512 bits per heavy atom. The highest BCUT2D eigenvalue weighted by molar-refractivity contribution is 9.10. The molecule has 0 bridgehead atoms. The predicted octanol–water partition coefficient (Wildman–Crippen LogP) is 7.95. The minimum atomic E-state index is -0.0781. The van der Waals surface area contributed by atoms with Crippen molar-refractivity contribution in [1.29, 1.82) is 0 Å². The zero-order valence-corrected chi connectivity index (χ0v) is 27.8. The van der Waals surface area contributed by atoms with Crippen molar-refractivity contribution in [3.05, 3.63) is 57.6 Å². The Bertz CT molecular complexity index is 1960. The topological polar surface area (TPSA) is 103 Å². The first kappa shape index (κ1) is 28.3. The van der Waals surface area contributed by atoms with Crippen LogP contribution >= 0.6 is 15.9 Å². The summed E-state index contributed by atoms with van der Waals surface area (Å²) < 4.78 is 0.951. The molecule has 4 aromatic heterocycles. The number of aromatic nitrogens is 8. The first-order valence-electron chi connectivity index (χ1n) is 15.1. The van der Waals surface area contributed by atoms with Gasteiger partial charge in [-0.15, -0.1) is 10.2 Å². The van der Waals surface area contributed by atoms with E-state index in [-0.39, 0.29) is 21.7 Å². The van der Waals surface area contributed by atoms with Gasteiger partial charge in [0.05, 0.1) is 33.8 Å². The number of nitrogens with zero attached hydrogens (tertiary/aromatic N) is 8. The molecule has 0 radical (unpaired) electrons. The molecular formula is C34H37BrN8. The number of hydrogen-bond acceptors (Lipinski definition) is 8. The van der Waals surface area contributed by atoms with Crippen molar-refractivity contribution in [2.24, 2.45) is 0 Å². The van der Waals surface area contributed by atoms with Crippen molar-refractivity contribution >= 4 is 37.7 Å². The molecule has 0 atom stereocenters. The number of benzene rings is 1. The molecule has 8 nitrogen and oxygen atoms in total. The summed E-state index contributed by atoms with van der Waals surface area (Å²) in [6, 6.07) is 10.1. The SMILES string of the molecule is CC1(C)CCC(C)(C)c2nc(-c3ccc4cc(Br)c5ccc(-c6nnc7c(n6)C(C)(C)CCC7(C)C)nc5c4n3)nnc21. The van der Waals surface area contributed by atoms with E-state index in [0.29, 0.717) is 23.0 Å². The van der Waals surface area contributed by atoms with Crippen molar-refractivity contribution in [2.75, 3.05) is 0 Å². The zero-order chi connectivity index (χ0) is 30.5. The van der Waals surface area contributed by atoms with E-state index >= 15 is 0 Å². The van der Waals surface area contributed by atoms with E-state index in [0.717, 1.165) is 74.7 Å². The monoisotopic (exact) mass is 636 g/mol. The smallest absolute Gasteiger partial charge is 0.200 e. The van der Waals surface area contributed by atoms with Gasteiger partial charge in [0.25, 0.3) is 0 Å². The van der Waals surface area contributed by atoms with Gasteiger partial charge < -0.3 is 0 Å². The standard InChI is InChI=1S/C34H37BrN8/c1-31(2)13-15-33(5,6)27-25(31)38-29(42-40-27)21-11-9-18-17-20(35)19-10-12-22(37-24(19)23(18)36-21)30-39-26-28(41-43-30)34(7,8)16-14-32(26,3)4/h9-12,17H,13-16H2,1-8H3. The second kappa shape index (κ2) is 9.27. The van der Waals surface area contributed by atoms with Crippen molar-refractivity contribution in [2.45, 2.75) is 103 Å². The molecule has 0 spiro atoms. The van der Waals surface area contributed by atoms with Gasteiger partial charge in [0, 0.05) is 36.9 Å². The highest BCUT2D eigenvalue weighted by atomic mass is 79.9. The Balaban J connectivity index is 1.39. The molecule has 220 valence electrons. The summed E-state index contributed by atoms with van der Waals surface area (Å²) in [5, 5.41) is 20.5. The molecule has 7 rings (SSSR count). The van der Waals surface area contributed by atoms with E-state index in [9.17, 15) is 0 Å². The Kier molecular flexibility index (Phi) is 6.11. The molecule has 0 fully saturated rings. The van der Waals surface area contributed by atoms with E-state index in [1.54, 1.807) is 0 Å². The molecule has 2 aliphatic rings. The molecule has 0 saturated carbocycles. The second-order valence-corrected chi connectivity index (χ2v) is 15.8. The van der Waals surface area contributed by atoms with Crippen LogP contribution in [0.2, 0.25) is 0 Å². The van der Waals surface area contributed by atoms with Crippen LogP contribution in [-0.2, 0) is 21.7 Å². The fourth-order valence-corrected chi connectivity index (χ4v) is 7.09. The third kappa shape index (κ3) is 4.53. The van der Waals surface area contributed by atoms with Crippen molar-refractivity contribution < 1.29 is 0 Å². The van der Waals surface area contributed by atoms with E-state index in [4.69, 9.17) is 30.1 Å². The molecule has 0 unspecified atom stereocenters. The average molecular weight is 638 g/mol. The van der Waals surface area contributed by atoms with Crippen LogP contribution in [0.15, 0.2) is 34.8 Å². The number of halogens is 1. The lowest BCUT2D eigenvalue weighted by molar-refractivity contribution is 0.311. The zero-order valence-electron chi connectivity index (χ0n) is 26.2. The largest absolute Gasteiger partial charge is 0.242 e. The van der Waals surface area contributed by atoms with E-state index in [2.05, 4.69) is 99.7 Å². The fraction of sp³-hybridized carbons (Fsp3) is 0.471. The Morgan fingerprint density at radius 2 is 0.953 bits per heavy atom. The van der Waals surface area contributed by atoms with Gasteiger partial charge >= 0.3 is 0 Å². The molecule has 2 aliphatic carbocycles. The van der Waals surface area contributed by atoms with Crippen LogP contribution in [-0.4, -0.2) is 40.3 Å². The van der Waals surface area contributed by atoms with Crippen LogP contribution in [0.5, 0.6) is 0 Å². The van der Waals surface area contributed by atoms with Gasteiger partial charge in [-0.05, 0) is 49.9 Å². The molecule has 0 saturated heterocycles. The molecular weight excluding hydrogens is 600 g/mol. The molecule has 43 heavy (non-hydrogen) atoms. The number of fused-ring (bicyclic) bond motifs is 5. The van der Waals surface area contributed by atoms with Crippen LogP contribution in [0.4, 0.5) is 0 Å². The van der Waals surface area contributed by atoms with E-state index in [1.165, 1.54) is 0 Å². The Hall–Kier alpha value is -3.46. The number of rotatable bonds is 2. The maximum Gasteiger partial charge on any atom is 0.200 e. The van der Waals surface area contributed by atoms with Crippen molar-refractivity contribution in [3.8, 4) is 23.0 Å². The summed E-state index contributed by atoms with van der Waals surface area (Å²) in [4.78, 5) is 20.3. The molecule has 1 aromatic carbocycles. The predicted molar refractivity (Wildman–Crippen MR) is 173 cm³/mol. The van der Waals surface area contributed by atoms with Crippen LogP contribution in [0.25, 0.3) is 44.8 Å². The average Bonchev–Trinajstić information content (AvgIpc) is 2.97. The summed E-state index contributed by atoms with van der Waals surface area (Å²) in [7, 11) is 0. The number of hydrogen-bond donors (Lipinski definition) is 0. The molecule has 0 N–H and O–H groups in total. The molecule has 0 amide bonds. The Labute approximate surface area is 260 Å². The van der Waals surface area contributed by atoms with Crippen LogP contribution in [0.3, 0.4) is 0 Å². The first-order valence-corrected chi connectivity index (χ1v) is 15.9. The van der Waals surface area contributed by atoms with Gasteiger partial charge in [-0.3, -0.25) is 0 Å². The minimum absolute atomic E-state index is 0.0540. The number of pyridine rings is 2. The third-order valence-corrected chi connectivity index (χ3v) is 10.4. The van der Waals surface area contributed by atoms with Gasteiger partial charge in [-0.2, -0.15) is 10.2 Å². The summed E-state index contributed by atoms with van der Waals surface area (Å²) in [5.74, 6) is 1.06. The Morgan fingerprint density at radius 3 is 1.47 bits per heavy atom. The lowest BCUT2D eigenvalue weighted by Gasteiger charge is -2.39. The maximum absolute atomic E-state index is 5.10. The third-order valence-electron chi connectivity index (χ3n) is 9.73. The van der Waals surface area contributed by atoms with E-state index in [1.807, 2.05) is 12.1 Å². The second-order valence-electron chi connectivity index (χ2n) is 14.9. The van der Waals surface area contributed by atoms with Gasteiger partial charge in [0.2, 0.25) is 11.6 Å². The quantitative estimate of drug-likeness (QED) is 0.180. The normalized spacial score (nSPS) is 19.7. The van der Waals surface area contributed by atoms with Crippen LogP contribution < -0.4 is 0 Å². The summed E-state index contributed by atoms with van der Waals surface area (Å²) in [6.45, 7) is 17.9. The molecule has 5 aromatic rings. The lowest BCUT2D eigenvalue weighted by atomic mass is 9.67. The lowest BCUT2D eigenvalue weighted by Crippen LogP contribution is -2.36. The highest BCUT2D eigenvalue weighted by Gasteiger charge is 2.41. The highest BCUT2D eigenvalue weighted by Crippen LogP contribution is 2.45. The summed E-state index contributed by atoms with van der Waals surface area (Å²) in [6.07, 6.45) is 4.22. The first-order chi connectivity index (χ1) is 20.2. The van der Waals surface area contributed by atoms with Gasteiger partial charge in [-0.25, -0.2) is 19.9 Å². The summed E-state index contributed by atoms with van der Waals surface area (Å²) in [5.41, 5.74) is 6.61. The minimum Gasteiger partial charge on any atom is -0.242 e. The fourth-order valence-electron chi connectivity index (χ4n) is 6.52. The summed E-state index contributed by atoms with van der Waals surface area (Å²) >= 11 is 3.76. The van der Waals surface area contributed by atoms with Crippen LogP contribution in [0.1, 0.15) is 104 Å². The molecule has 4 heterocycles. The maximum atomic E-state index is 5.10. The molecule has 0 aliphatic heterocycles. The van der Waals surface area contributed by atoms with Crippen LogP contribution in [0, 0.1) is 0 Å². The van der Waals surface area contributed by atoms with Gasteiger partial charge in [0.15, 0.2) is 0 Å². The van der Waals surface area contributed by atoms with Gasteiger partial charge in [0.1, 0.15) is 11.4 Å².